The standard InChI is InChI=1S/C26H28ClN3O4/c1-26(2,3)34-25(33)30-12-10-16(11-13-30)20-15-28-21-9-8-17(27)14-19(21)23(20)29-22-7-5-4-6-18(22)24(31)32/h4-9,14-16H,10-13H2,1-3H3,(H,28,29)(H,31,32). The van der Waals surface area contributed by atoms with Gasteiger partial charge in [0.2, 0.25) is 0 Å². The van der Waals surface area contributed by atoms with Gasteiger partial charge in [0.05, 0.1) is 22.5 Å². The van der Waals surface area contributed by atoms with Crippen LogP contribution in [-0.2, 0) is 4.74 Å². The number of para-hydroxylation sites is 1. The monoisotopic (exact) mass is 481 g/mol. The highest BCUT2D eigenvalue weighted by Crippen LogP contribution is 2.39. The molecule has 1 aliphatic rings. The number of amides is 1. The summed E-state index contributed by atoms with van der Waals surface area (Å²) in [7, 11) is 0. The number of nitrogens with one attached hydrogen (secondary N) is 1. The first-order valence-electron chi connectivity index (χ1n) is 11.3. The van der Waals surface area contributed by atoms with Gasteiger partial charge >= 0.3 is 12.1 Å². The summed E-state index contributed by atoms with van der Waals surface area (Å²) in [4.78, 5) is 30.7. The SMILES string of the molecule is CC(C)(C)OC(=O)N1CCC(c2cnc3ccc(Cl)cc3c2Nc2ccccc2C(=O)O)CC1. The summed E-state index contributed by atoms with van der Waals surface area (Å²) in [5.41, 5.74) is 2.66. The fourth-order valence-electron chi connectivity index (χ4n) is 4.24. The van der Waals surface area contributed by atoms with Gasteiger partial charge in [-0.25, -0.2) is 9.59 Å². The molecule has 1 aromatic heterocycles. The van der Waals surface area contributed by atoms with E-state index in [2.05, 4.69) is 10.3 Å². The molecule has 1 saturated heterocycles. The maximum atomic E-state index is 12.5. The first-order valence-corrected chi connectivity index (χ1v) is 11.7. The topological polar surface area (TPSA) is 91.8 Å². The molecule has 7 nitrogen and oxygen atoms in total. The summed E-state index contributed by atoms with van der Waals surface area (Å²) < 4.78 is 5.52. The van der Waals surface area contributed by atoms with Crippen molar-refractivity contribution in [2.45, 2.75) is 45.1 Å². The Kier molecular flexibility index (Phi) is 6.66. The zero-order valence-corrected chi connectivity index (χ0v) is 20.2. The van der Waals surface area contributed by atoms with Crippen LogP contribution in [0.5, 0.6) is 0 Å². The first-order chi connectivity index (χ1) is 16.1. The fourth-order valence-corrected chi connectivity index (χ4v) is 4.41. The number of rotatable bonds is 4. The maximum absolute atomic E-state index is 12.5. The number of carbonyl (C=O) groups is 2. The Hall–Kier alpha value is -3.32. The number of carboxylic acid groups (broad SMARTS) is 1. The zero-order valence-electron chi connectivity index (χ0n) is 19.5. The van der Waals surface area contributed by atoms with Crippen LogP contribution in [0.2, 0.25) is 5.02 Å². The highest BCUT2D eigenvalue weighted by molar-refractivity contribution is 6.31. The molecule has 3 aromatic rings. The van der Waals surface area contributed by atoms with Crippen LogP contribution >= 0.6 is 11.6 Å². The van der Waals surface area contributed by atoms with E-state index in [0.29, 0.717) is 23.8 Å². The van der Waals surface area contributed by atoms with Crippen LogP contribution in [0.1, 0.15) is 55.5 Å². The molecule has 0 atom stereocenters. The van der Waals surface area contributed by atoms with Gasteiger partial charge in [0.15, 0.2) is 0 Å². The van der Waals surface area contributed by atoms with Crippen LogP contribution in [0, 0.1) is 0 Å². The van der Waals surface area contributed by atoms with E-state index in [-0.39, 0.29) is 17.6 Å². The second-order valence-electron chi connectivity index (χ2n) is 9.47. The molecule has 2 aromatic carbocycles. The summed E-state index contributed by atoms with van der Waals surface area (Å²) in [5, 5.41) is 14.4. The number of halogens is 1. The Morgan fingerprint density at radius 3 is 2.53 bits per heavy atom. The summed E-state index contributed by atoms with van der Waals surface area (Å²) in [6, 6.07) is 12.3. The molecule has 34 heavy (non-hydrogen) atoms. The number of piperidine rings is 1. The lowest BCUT2D eigenvalue weighted by Gasteiger charge is -2.34. The van der Waals surface area contributed by atoms with Crippen molar-refractivity contribution >= 4 is 45.9 Å². The maximum Gasteiger partial charge on any atom is 0.410 e. The predicted molar refractivity (Wildman–Crippen MR) is 133 cm³/mol. The number of fused-ring (bicyclic) bond motifs is 1. The van der Waals surface area contributed by atoms with Crippen LogP contribution in [0.25, 0.3) is 10.9 Å². The number of aromatic carboxylic acids is 1. The van der Waals surface area contributed by atoms with Gasteiger partial charge in [0, 0.05) is 29.7 Å². The van der Waals surface area contributed by atoms with E-state index >= 15 is 0 Å². The normalized spacial score (nSPS) is 14.8. The van der Waals surface area contributed by atoms with E-state index in [1.54, 1.807) is 35.2 Å². The second kappa shape index (κ2) is 9.50. The molecule has 1 amide bonds. The van der Waals surface area contributed by atoms with Crippen molar-refractivity contribution in [3.8, 4) is 0 Å². The molecule has 0 saturated carbocycles. The molecule has 1 aliphatic heterocycles. The van der Waals surface area contributed by atoms with Gasteiger partial charge in [0.1, 0.15) is 5.60 Å². The lowest BCUT2D eigenvalue weighted by molar-refractivity contribution is 0.0205. The molecule has 8 heteroatoms. The van der Waals surface area contributed by atoms with E-state index in [9.17, 15) is 14.7 Å². The molecule has 1 fully saturated rings. The van der Waals surface area contributed by atoms with Crippen molar-refractivity contribution in [2.24, 2.45) is 0 Å². The molecule has 0 unspecified atom stereocenters. The molecule has 0 radical (unpaired) electrons. The fraction of sp³-hybridized carbons (Fsp3) is 0.346. The van der Waals surface area contributed by atoms with Crippen molar-refractivity contribution in [1.82, 2.24) is 9.88 Å². The van der Waals surface area contributed by atoms with Crippen LogP contribution in [0.4, 0.5) is 16.2 Å². The molecular weight excluding hydrogens is 454 g/mol. The molecule has 0 spiro atoms. The summed E-state index contributed by atoms with van der Waals surface area (Å²) in [5.74, 6) is -0.874. The average Bonchev–Trinajstić information content (AvgIpc) is 2.78. The van der Waals surface area contributed by atoms with Crippen molar-refractivity contribution in [3.05, 3.63) is 64.8 Å². The van der Waals surface area contributed by atoms with Crippen LogP contribution < -0.4 is 5.32 Å². The Bertz CT molecular complexity index is 1230. The second-order valence-corrected chi connectivity index (χ2v) is 9.90. The number of pyridine rings is 1. The van der Waals surface area contributed by atoms with Gasteiger partial charge in [-0.05, 0) is 75.4 Å². The quantitative estimate of drug-likeness (QED) is 0.445. The van der Waals surface area contributed by atoms with Crippen molar-refractivity contribution in [2.75, 3.05) is 18.4 Å². The minimum atomic E-state index is -1.01. The number of hydrogen-bond donors (Lipinski definition) is 2. The van der Waals surface area contributed by atoms with Gasteiger partial charge in [0.25, 0.3) is 0 Å². The molecule has 178 valence electrons. The van der Waals surface area contributed by atoms with Crippen molar-refractivity contribution in [1.29, 1.82) is 0 Å². The van der Waals surface area contributed by atoms with Gasteiger partial charge in [-0.2, -0.15) is 0 Å². The molecule has 2 heterocycles. The number of likely N-dealkylation sites (tertiary alicyclic amines) is 1. The number of nitrogens with zero attached hydrogens (tertiary/aromatic N) is 2. The molecule has 0 aliphatic carbocycles. The number of benzene rings is 2. The molecular formula is C26H28ClN3O4. The number of carbonyl (C=O) groups excluding carboxylic acids is 1. The minimum Gasteiger partial charge on any atom is -0.478 e. The van der Waals surface area contributed by atoms with Crippen molar-refractivity contribution < 1.29 is 19.4 Å². The van der Waals surface area contributed by atoms with Gasteiger partial charge in [-0.15, -0.1) is 0 Å². The molecule has 0 bridgehead atoms. The van der Waals surface area contributed by atoms with E-state index in [0.717, 1.165) is 35.0 Å². The zero-order chi connectivity index (χ0) is 24.5. The minimum absolute atomic E-state index is 0.133. The highest BCUT2D eigenvalue weighted by Gasteiger charge is 2.29. The average molecular weight is 482 g/mol. The Balaban J connectivity index is 1.68. The van der Waals surface area contributed by atoms with Gasteiger partial charge in [-0.3, -0.25) is 4.98 Å². The Labute approximate surface area is 203 Å². The Morgan fingerprint density at radius 1 is 1.15 bits per heavy atom. The van der Waals surface area contributed by atoms with Crippen LogP contribution in [0.3, 0.4) is 0 Å². The summed E-state index contributed by atoms with van der Waals surface area (Å²) in [6.45, 7) is 6.71. The van der Waals surface area contributed by atoms with Gasteiger partial charge < -0.3 is 20.1 Å². The van der Waals surface area contributed by atoms with E-state index in [4.69, 9.17) is 16.3 Å². The third kappa shape index (κ3) is 5.25. The number of hydrogen-bond acceptors (Lipinski definition) is 5. The Morgan fingerprint density at radius 2 is 1.85 bits per heavy atom. The largest absolute Gasteiger partial charge is 0.478 e. The van der Waals surface area contributed by atoms with E-state index < -0.39 is 11.6 Å². The lowest BCUT2D eigenvalue weighted by Crippen LogP contribution is -2.41. The summed E-state index contributed by atoms with van der Waals surface area (Å²) in [6.07, 6.45) is 3.02. The lowest BCUT2D eigenvalue weighted by atomic mass is 9.88. The van der Waals surface area contributed by atoms with Crippen molar-refractivity contribution in [3.63, 3.8) is 0 Å². The number of ether oxygens (including phenoxy) is 1. The molecule has 4 rings (SSSR count). The van der Waals surface area contributed by atoms with E-state index in [1.165, 1.54) is 0 Å². The van der Waals surface area contributed by atoms with Crippen LogP contribution in [-0.4, -0.2) is 45.7 Å². The first kappa shape index (κ1) is 23.8. The van der Waals surface area contributed by atoms with Gasteiger partial charge in [-0.1, -0.05) is 23.7 Å². The number of aromatic nitrogens is 1. The summed E-state index contributed by atoms with van der Waals surface area (Å²) >= 11 is 6.31. The predicted octanol–water partition coefficient (Wildman–Crippen LogP) is 6.44. The number of anilines is 2. The third-order valence-electron chi connectivity index (χ3n) is 5.86. The van der Waals surface area contributed by atoms with E-state index in [1.807, 2.05) is 39.1 Å². The smallest absolute Gasteiger partial charge is 0.410 e. The molecule has 2 N–H and O–H groups in total. The van der Waals surface area contributed by atoms with Crippen LogP contribution in [0.15, 0.2) is 48.7 Å². The highest BCUT2D eigenvalue weighted by atomic mass is 35.5. The third-order valence-corrected chi connectivity index (χ3v) is 6.10. The number of carboxylic acids is 1.